The van der Waals surface area contributed by atoms with E-state index in [0.29, 0.717) is 5.69 Å². The van der Waals surface area contributed by atoms with Crippen LogP contribution in [0.15, 0.2) is 36.5 Å². The number of aryl methyl sites for hydroxylation is 2. The number of benzene rings is 1. The number of amides is 1. The number of nitrogens with zero attached hydrogens (tertiary/aromatic N) is 3. The molecule has 4 heteroatoms. The fourth-order valence-electron chi connectivity index (χ4n) is 2.88. The van der Waals surface area contributed by atoms with Crippen molar-refractivity contribution in [2.45, 2.75) is 25.8 Å². The molecule has 3 rings (SSSR count). The standard InChI is InChI=1S/C16H19N3O/c1-12-5-7-13(8-6-12)14-4-3-11-19(14)16(20)15-9-10-17-18(15)2/h5-10,14H,3-4,11H2,1-2H3/t14-/m1/s1. The van der Waals surface area contributed by atoms with Crippen LogP contribution in [-0.2, 0) is 7.05 Å². The molecule has 1 saturated heterocycles. The predicted molar refractivity (Wildman–Crippen MR) is 77.4 cm³/mol. The van der Waals surface area contributed by atoms with E-state index in [1.54, 1.807) is 16.9 Å². The Morgan fingerprint density at radius 3 is 2.65 bits per heavy atom. The molecule has 0 aliphatic carbocycles. The lowest BCUT2D eigenvalue weighted by atomic mass is 10.0. The maximum absolute atomic E-state index is 12.6. The van der Waals surface area contributed by atoms with Crippen molar-refractivity contribution >= 4 is 5.91 Å². The van der Waals surface area contributed by atoms with Gasteiger partial charge in [-0.15, -0.1) is 0 Å². The maximum Gasteiger partial charge on any atom is 0.272 e. The molecule has 4 nitrogen and oxygen atoms in total. The molecular weight excluding hydrogens is 250 g/mol. The van der Waals surface area contributed by atoms with Crippen molar-refractivity contribution in [1.29, 1.82) is 0 Å². The minimum Gasteiger partial charge on any atom is -0.330 e. The van der Waals surface area contributed by atoms with Gasteiger partial charge < -0.3 is 4.90 Å². The van der Waals surface area contributed by atoms with E-state index in [9.17, 15) is 4.79 Å². The molecule has 0 N–H and O–H groups in total. The average molecular weight is 269 g/mol. The van der Waals surface area contributed by atoms with Crippen LogP contribution < -0.4 is 0 Å². The Hall–Kier alpha value is -2.10. The highest BCUT2D eigenvalue weighted by atomic mass is 16.2. The van der Waals surface area contributed by atoms with Gasteiger partial charge in [0.05, 0.1) is 6.04 Å². The summed E-state index contributed by atoms with van der Waals surface area (Å²) in [6, 6.07) is 10.5. The van der Waals surface area contributed by atoms with E-state index in [4.69, 9.17) is 0 Å². The number of likely N-dealkylation sites (tertiary alicyclic amines) is 1. The van der Waals surface area contributed by atoms with E-state index < -0.39 is 0 Å². The van der Waals surface area contributed by atoms with Gasteiger partial charge >= 0.3 is 0 Å². The largest absolute Gasteiger partial charge is 0.330 e. The van der Waals surface area contributed by atoms with Crippen molar-refractivity contribution < 1.29 is 4.79 Å². The third-order valence-corrected chi connectivity index (χ3v) is 4.02. The Bertz CT molecular complexity index is 615. The second-order valence-corrected chi connectivity index (χ2v) is 5.41. The average Bonchev–Trinajstić information content (AvgIpc) is 3.07. The van der Waals surface area contributed by atoms with E-state index in [0.717, 1.165) is 19.4 Å². The fraction of sp³-hybridized carbons (Fsp3) is 0.375. The molecule has 0 radical (unpaired) electrons. The van der Waals surface area contributed by atoms with Crippen LogP contribution in [0.5, 0.6) is 0 Å². The molecule has 2 heterocycles. The molecule has 1 atom stereocenters. The first-order chi connectivity index (χ1) is 9.66. The quantitative estimate of drug-likeness (QED) is 0.840. The molecule has 1 amide bonds. The van der Waals surface area contributed by atoms with Gasteiger partial charge in [0.25, 0.3) is 5.91 Å². The third kappa shape index (κ3) is 2.22. The molecule has 2 aromatic rings. The molecule has 1 aliphatic rings. The molecule has 0 saturated carbocycles. The normalized spacial score (nSPS) is 18.5. The van der Waals surface area contributed by atoms with Gasteiger partial charge in [-0.3, -0.25) is 9.48 Å². The van der Waals surface area contributed by atoms with Crippen molar-refractivity contribution in [1.82, 2.24) is 14.7 Å². The summed E-state index contributed by atoms with van der Waals surface area (Å²) >= 11 is 0. The van der Waals surface area contributed by atoms with Gasteiger partial charge in [-0.05, 0) is 31.4 Å². The summed E-state index contributed by atoms with van der Waals surface area (Å²) in [6.07, 6.45) is 3.76. The third-order valence-electron chi connectivity index (χ3n) is 4.02. The van der Waals surface area contributed by atoms with E-state index >= 15 is 0 Å². The van der Waals surface area contributed by atoms with Crippen molar-refractivity contribution in [2.75, 3.05) is 6.54 Å². The Labute approximate surface area is 119 Å². The number of aromatic nitrogens is 2. The summed E-state index contributed by atoms with van der Waals surface area (Å²) in [6.45, 7) is 2.90. The van der Waals surface area contributed by atoms with Crippen molar-refractivity contribution in [2.24, 2.45) is 7.05 Å². The summed E-state index contributed by atoms with van der Waals surface area (Å²) < 4.78 is 1.65. The van der Waals surface area contributed by atoms with E-state index in [1.807, 2.05) is 11.9 Å². The first-order valence-electron chi connectivity index (χ1n) is 7.02. The lowest BCUT2D eigenvalue weighted by Gasteiger charge is -2.25. The van der Waals surface area contributed by atoms with E-state index in [-0.39, 0.29) is 11.9 Å². The van der Waals surface area contributed by atoms with Crippen molar-refractivity contribution in [3.8, 4) is 0 Å². The number of carbonyl (C=O) groups is 1. The number of carbonyl (C=O) groups excluding carboxylic acids is 1. The van der Waals surface area contributed by atoms with Crippen molar-refractivity contribution in [3.63, 3.8) is 0 Å². The van der Waals surface area contributed by atoms with Crippen LogP contribution in [0.25, 0.3) is 0 Å². The Morgan fingerprint density at radius 1 is 1.25 bits per heavy atom. The predicted octanol–water partition coefficient (Wildman–Crippen LogP) is 2.71. The fourth-order valence-corrected chi connectivity index (χ4v) is 2.88. The van der Waals surface area contributed by atoms with Gasteiger partial charge in [-0.25, -0.2) is 0 Å². The number of hydrogen-bond donors (Lipinski definition) is 0. The van der Waals surface area contributed by atoms with E-state index in [1.165, 1.54) is 11.1 Å². The second kappa shape index (κ2) is 5.12. The lowest BCUT2D eigenvalue weighted by Crippen LogP contribution is -2.32. The van der Waals surface area contributed by atoms with Gasteiger partial charge in [-0.1, -0.05) is 29.8 Å². The van der Waals surface area contributed by atoms with Crippen LogP contribution in [-0.4, -0.2) is 27.1 Å². The first-order valence-corrected chi connectivity index (χ1v) is 7.02. The van der Waals surface area contributed by atoms with Crippen LogP contribution in [0.2, 0.25) is 0 Å². The lowest BCUT2D eigenvalue weighted by molar-refractivity contribution is 0.0724. The van der Waals surface area contributed by atoms with Crippen LogP contribution in [0, 0.1) is 6.92 Å². The van der Waals surface area contributed by atoms with Gasteiger partial charge in [-0.2, -0.15) is 5.10 Å². The summed E-state index contributed by atoms with van der Waals surface area (Å²) in [5, 5.41) is 4.09. The zero-order chi connectivity index (χ0) is 14.1. The Morgan fingerprint density at radius 2 is 2.00 bits per heavy atom. The molecule has 0 spiro atoms. The summed E-state index contributed by atoms with van der Waals surface area (Å²) in [5.74, 6) is 0.0769. The molecule has 20 heavy (non-hydrogen) atoms. The zero-order valence-electron chi connectivity index (χ0n) is 11.9. The van der Waals surface area contributed by atoms with E-state index in [2.05, 4.69) is 36.3 Å². The van der Waals surface area contributed by atoms with Crippen LogP contribution in [0.1, 0.15) is 40.5 Å². The maximum atomic E-state index is 12.6. The van der Waals surface area contributed by atoms with Gasteiger partial charge in [0, 0.05) is 19.8 Å². The molecule has 1 aromatic carbocycles. The monoisotopic (exact) mass is 269 g/mol. The Balaban J connectivity index is 1.87. The minimum atomic E-state index is 0.0769. The van der Waals surface area contributed by atoms with Crippen LogP contribution >= 0.6 is 0 Å². The summed E-state index contributed by atoms with van der Waals surface area (Å²) in [5.41, 5.74) is 3.13. The Kier molecular flexibility index (Phi) is 3.30. The summed E-state index contributed by atoms with van der Waals surface area (Å²) in [4.78, 5) is 14.6. The smallest absolute Gasteiger partial charge is 0.272 e. The van der Waals surface area contributed by atoms with Gasteiger partial charge in [0.15, 0.2) is 0 Å². The molecule has 104 valence electrons. The SMILES string of the molecule is Cc1ccc([C@H]2CCCN2C(=O)c2ccnn2C)cc1. The zero-order valence-corrected chi connectivity index (χ0v) is 11.9. The molecule has 0 bridgehead atoms. The van der Waals surface area contributed by atoms with Crippen molar-refractivity contribution in [3.05, 3.63) is 53.3 Å². The van der Waals surface area contributed by atoms with Crippen LogP contribution in [0.3, 0.4) is 0 Å². The first kappa shape index (κ1) is 12.9. The second-order valence-electron chi connectivity index (χ2n) is 5.41. The number of hydrogen-bond acceptors (Lipinski definition) is 2. The van der Waals surface area contributed by atoms with Crippen LogP contribution in [0.4, 0.5) is 0 Å². The molecule has 1 fully saturated rings. The van der Waals surface area contributed by atoms with Gasteiger partial charge in [0.2, 0.25) is 0 Å². The summed E-state index contributed by atoms with van der Waals surface area (Å²) in [7, 11) is 1.81. The molecular formula is C16H19N3O. The highest BCUT2D eigenvalue weighted by Gasteiger charge is 2.31. The van der Waals surface area contributed by atoms with Gasteiger partial charge in [0.1, 0.15) is 5.69 Å². The molecule has 1 aliphatic heterocycles. The minimum absolute atomic E-state index is 0.0769. The topological polar surface area (TPSA) is 38.1 Å². The molecule has 0 unspecified atom stereocenters. The highest BCUT2D eigenvalue weighted by Crippen LogP contribution is 2.33. The highest BCUT2D eigenvalue weighted by molar-refractivity contribution is 5.93. The molecule has 1 aromatic heterocycles. The number of rotatable bonds is 2.